The zero-order valence-corrected chi connectivity index (χ0v) is 10.9. The summed E-state index contributed by atoms with van der Waals surface area (Å²) in [5.41, 5.74) is 0.629. The molecule has 1 fully saturated rings. The first-order chi connectivity index (χ1) is 7.99. The summed E-state index contributed by atoms with van der Waals surface area (Å²) in [6.45, 7) is 0.291. The zero-order valence-electron chi connectivity index (χ0n) is 8.62. The van der Waals surface area contributed by atoms with Crippen LogP contribution in [-0.2, 0) is 9.59 Å². The van der Waals surface area contributed by atoms with Crippen molar-refractivity contribution < 1.29 is 9.59 Å². The van der Waals surface area contributed by atoms with E-state index in [1.165, 1.54) is 4.90 Å². The topological polar surface area (TPSA) is 37.4 Å². The van der Waals surface area contributed by atoms with Crippen molar-refractivity contribution in [3.05, 3.63) is 28.2 Å². The highest BCUT2D eigenvalue weighted by molar-refractivity contribution is 6.64. The molecule has 17 heavy (non-hydrogen) atoms. The van der Waals surface area contributed by atoms with Crippen LogP contribution in [0, 0.1) is 5.92 Å². The molecular weight excluding hydrogens is 284 g/mol. The van der Waals surface area contributed by atoms with Crippen LogP contribution in [0.1, 0.15) is 6.42 Å². The Morgan fingerprint density at radius 3 is 2.53 bits per heavy atom. The van der Waals surface area contributed by atoms with Gasteiger partial charge >= 0.3 is 0 Å². The predicted octanol–water partition coefficient (Wildman–Crippen LogP) is 3.11. The van der Waals surface area contributed by atoms with Crippen LogP contribution < -0.4 is 4.90 Å². The Kier molecular flexibility index (Phi) is 3.61. The normalized spacial score (nSPS) is 19.8. The van der Waals surface area contributed by atoms with Crippen LogP contribution in [0.4, 0.5) is 5.69 Å². The van der Waals surface area contributed by atoms with Crippen LogP contribution in [0.5, 0.6) is 0 Å². The lowest BCUT2D eigenvalue weighted by Crippen LogP contribution is -2.25. The van der Waals surface area contributed by atoms with Crippen molar-refractivity contribution in [2.24, 2.45) is 5.92 Å². The molecular formula is C11H8Cl3NO2. The van der Waals surface area contributed by atoms with E-state index in [2.05, 4.69) is 0 Å². The number of anilines is 1. The van der Waals surface area contributed by atoms with Gasteiger partial charge in [-0.05, 0) is 29.8 Å². The van der Waals surface area contributed by atoms with Gasteiger partial charge < -0.3 is 4.90 Å². The maximum absolute atomic E-state index is 11.7. The Morgan fingerprint density at radius 2 is 2.00 bits per heavy atom. The van der Waals surface area contributed by atoms with Gasteiger partial charge in [-0.1, -0.05) is 23.2 Å². The largest absolute Gasteiger partial charge is 0.312 e. The van der Waals surface area contributed by atoms with Gasteiger partial charge in [0, 0.05) is 18.7 Å². The first kappa shape index (κ1) is 12.7. The first-order valence-electron chi connectivity index (χ1n) is 4.94. The predicted molar refractivity (Wildman–Crippen MR) is 67.8 cm³/mol. The second-order valence-electron chi connectivity index (χ2n) is 3.81. The van der Waals surface area contributed by atoms with Gasteiger partial charge in [0.25, 0.3) is 0 Å². The summed E-state index contributed by atoms with van der Waals surface area (Å²) in [6.07, 6.45) is 0.141. The SMILES string of the molecule is O=C(Cl)[C@H]1CC(=O)N(c2ccc(Cl)c(Cl)c2)C1. The van der Waals surface area contributed by atoms with Crippen molar-refractivity contribution >= 4 is 51.6 Å². The van der Waals surface area contributed by atoms with E-state index in [1.54, 1.807) is 18.2 Å². The van der Waals surface area contributed by atoms with E-state index in [9.17, 15) is 9.59 Å². The van der Waals surface area contributed by atoms with Crippen LogP contribution in [0.15, 0.2) is 18.2 Å². The van der Waals surface area contributed by atoms with Crippen LogP contribution in [0.25, 0.3) is 0 Å². The van der Waals surface area contributed by atoms with Crippen molar-refractivity contribution in [2.75, 3.05) is 11.4 Å². The molecule has 0 spiro atoms. The molecule has 3 nitrogen and oxygen atoms in total. The number of halogens is 3. The van der Waals surface area contributed by atoms with Gasteiger partial charge in [-0.15, -0.1) is 0 Å². The van der Waals surface area contributed by atoms with Crippen LogP contribution in [-0.4, -0.2) is 17.7 Å². The quantitative estimate of drug-likeness (QED) is 0.785. The maximum atomic E-state index is 11.7. The summed E-state index contributed by atoms with van der Waals surface area (Å²) in [7, 11) is 0. The fraction of sp³-hybridized carbons (Fsp3) is 0.273. The van der Waals surface area contributed by atoms with Gasteiger partial charge in [0.2, 0.25) is 11.1 Å². The maximum Gasteiger partial charge on any atom is 0.227 e. The van der Waals surface area contributed by atoms with Crippen molar-refractivity contribution in [2.45, 2.75) is 6.42 Å². The fourth-order valence-electron chi connectivity index (χ4n) is 1.76. The molecule has 0 saturated carbocycles. The van der Waals surface area contributed by atoms with Crippen molar-refractivity contribution in [3.63, 3.8) is 0 Å². The highest BCUT2D eigenvalue weighted by Crippen LogP contribution is 2.31. The third-order valence-corrected chi connectivity index (χ3v) is 3.71. The van der Waals surface area contributed by atoms with E-state index in [-0.39, 0.29) is 12.3 Å². The monoisotopic (exact) mass is 291 g/mol. The second kappa shape index (κ2) is 4.84. The standard InChI is InChI=1S/C11H8Cl3NO2/c12-8-2-1-7(4-9(8)13)15-5-6(11(14)17)3-10(15)16/h1-2,4,6H,3,5H2/t6-/m0/s1. The Bertz CT molecular complexity index is 490. The van der Waals surface area contributed by atoms with Gasteiger partial charge in [-0.3, -0.25) is 9.59 Å². The Balaban J connectivity index is 2.26. The molecule has 0 unspecified atom stereocenters. The molecule has 6 heteroatoms. The summed E-state index contributed by atoms with van der Waals surface area (Å²) >= 11 is 17.1. The van der Waals surface area contributed by atoms with E-state index in [0.717, 1.165) is 0 Å². The van der Waals surface area contributed by atoms with Crippen LogP contribution >= 0.6 is 34.8 Å². The summed E-state index contributed by atoms with van der Waals surface area (Å²) in [4.78, 5) is 24.2. The third kappa shape index (κ3) is 2.57. The second-order valence-corrected chi connectivity index (χ2v) is 4.99. The van der Waals surface area contributed by atoms with Crippen LogP contribution in [0.3, 0.4) is 0 Å². The molecule has 1 saturated heterocycles. The molecule has 1 aliphatic rings. The summed E-state index contributed by atoms with van der Waals surface area (Å²) in [5, 5.41) is 0.311. The molecule has 0 aliphatic carbocycles. The molecule has 0 radical (unpaired) electrons. The van der Waals surface area contributed by atoms with E-state index in [1.807, 2.05) is 0 Å². The van der Waals surface area contributed by atoms with Crippen molar-refractivity contribution in [1.82, 2.24) is 0 Å². The molecule has 1 heterocycles. The molecule has 90 valence electrons. The molecule has 1 amide bonds. The highest BCUT2D eigenvalue weighted by Gasteiger charge is 2.34. The summed E-state index contributed by atoms with van der Waals surface area (Å²) in [6, 6.07) is 4.90. The van der Waals surface area contributed by atoms with Gasteiger partial charge in [-0.25, -0.2) is 0 Å². The summed E-state index contributed by atoms with van der Waals surface area (Å²) < 4.78 is 0. The van der Waals surface area contributed by atoms with E-state index < -0.39 is 11.2 Å². The minimum Gasteiger partial charge on any atom is -0.312 e. The fourth-order valence-corrected chi connectivity index (χ4v) is 2.20. The molecule has 1 aliphatic heterocycles. The van der Waals surface area contributed by atoms with Crippen LogP contribution in [0.2, 0.25) is 10.0 Å². The Hall–Kier alpha value is -0.770. The highest BCUT2D eigenvalue weighted by atomic mass is 35.5. The third-order valence-electron chi connectivity index (χ3n) is 2.66. The smallest absolute Gasteiger partial charge is 0.227 e. The lowest BCUT2D eigenvalue weighted by atomic mass is 10.1. The number of rotatable bonds is 2. The number of hydrogen-bond donors (Lipinski definition) is 0. The van der Waals surface area contributed by atoms with Gasteiger partial charge in [0.05, 0.1) is 16.0 Å². The lowest BCUT2D eigenvalue weighted by molar-refractivity contribution is -0.120. The van der Waals surface area contributed by atoms with Gasteiger partial charge in [0.15, 0.2) is 0 Å². The lowest BCUT2D eigenvalue weighted by Gasteiger charge is -2.16. The van der Waals surface area contributed by atoms with E-state index >= 15 is 0 Å². The molecule has 0 aromatic heterocycles. The summed E-state index contributed by atoms with van der Waals surface area (Å²) in [5.74, 6) is -0.582. The molecule has 2 rings (SSSR count). The Morgan fingerprint density at radius 1 is 1.29 bits per heavy atom. The number of benzene rings is 1. The number of hydrogen-bond acceptors (Lipinski definition) is 2. The van der Waals surface area contributed by atoms with E-state index in [0.29, 0.717) is 22.3 Å². The number of carbonyl (C=O) groups excluding carboxylic acids is 2. The first-order valence-corrected chi connectivity index (χ1v) is 6.07. The minimum absolute atomic E-state index is 0.137. The number of nitrogens with zero attached hydrogens (tertiary/aromatic N) is 1. The zero-order chi connectivity index (χ0) is 12.6. The van der Waals surface area contributed by atoms with Crippen molar-refractivity contribution in [1.29, 1.82) is 0 Å². The molecule has 1 aromatic rings. The molecule has 1 atom stereocenters. The average Bonchev–Trinajstić information content (AvgIpc) is 2.65. The number of amides is 1. The number of carbonyl (C=O) groups is 2. The van der Waals surface area contributed by atoms with Gasteiger partial charge in [-0.2, -0.15) is 0 Å². The average molecular weight is 293 g/mol. The molecule has 0 N–H and O–H groups in total. The van der Waals surface area contributed by atoms with Crippen molar-refractivity contribution in [3.8, 4) is 0 Å². The van der Waals surface area contributed by atoms with E-state index in [4.69, 9.17) is 34.8 Å². The Labute approximate surface area is 113 Å². The minimum atomic E-state index is -0.485. The molecule has 1 aromatic carbocycles. The molecule has 0 bridgehead atoms. The van der Waals surface area contributed by atoms with Gasteiger partial charge in [0.1, 0.15) is 0 Å².